The van der Waals surface area contributed by atoms with Crippen molar-refractivity contribution in [1.29, 1.82) is 0 Å². The number of hydrogen-bond acceptors (Lipinski definition) is 1. The van der Waals surface area contributed by atoms with Crippen LogP contribution in [0.15, 0.2) is 18.2 Å². The van der Waals surface area contributed by atoms with Gasteiger partial charge in [0.1, 0.15) is 0 Å². The maximum Gasteiger partial charge on any atom is 0.0426 e. The molecule has 1 aromatic carbocycles. The zero-order valence-electron chi connectivity index (χ0n) is 11.4. The summed E-state index contributed by atoms with van der Waals surface area (Å²) in [6.07, 6.45) is 5.87. The second-order valence-corrected chi connectivity index (χ2v) is 7.22. The van der Waals surface area contributed by atoms with Crippen molar-refractivity contribution in [1.82, 2.24) is 0 Å². The SMILES string of the molecule is CN(CC1CC2CCC1C2)c1cc(Cl)ccc1CBr. The number of alkyl halides is 1. The molecule has 1 nitrogen and oxygen atoms in total. The van der Waals surface area contributed by atoms with E-state index in [1.54, 1.807) is 0 Å². The predicted octanol–water partition coefficient (Wildman–Crippen LogP) is 5.11. The highest BCUT2D eigenvalue weighted by Crippen LogP contribution is 2.48. The van der Waals surface area contributed by atoms with Gasteiger partial charge < -0.3 is 4.90 Å². The minimum absolute atomic E-state index is 0.833. The molecule has 2 aliphatic carbocycles. The number of halogens is 2. The molecule has 104 valence electrons. The van der Waals surface area contributed by atoms with Gasteiger partial charge in [-0.1, -0.05) is 40.0 Å². The van der Waals surface area contributed by atoms with Gasteiger partial charge in [0.25, 0.3) is 0 Å². The lowest BCUT2D eigenvalue weighted by molar-refractivity contribution is 0.337. The molecular weight excluding hydrogens is 322 g/mol. The van der Waals surface area contributed by atoms with Crippen molar-refractivity contribution in [2.45, 2.75) is 31.0 Å². The van der Waals surface area contributed by atoms with E-state index in [4.69, 9.17) is 11.6 Å². The third-order valence-corrected chi connectivity index (χ3v) is 5.83. The molecule has 2 aliphatic rings. The van der Waals surface area contributed by atoms with Gasteiger partial charge in [0.05, 0.1) is 0 Å². The summed E-state index contributed by atoms with van der Waals surface area (Å²) in [5, 5.41) is 1.72. The van der Waals surface area contributed by atoms with E-state index in [9.17, 15) is 0 Å². The van der Waals surface area contributed by atoms with Crippen molar-refractivity contribution < 1.29 is 0 Å². The Kier molecular flexibility index (Phi) is 4.09. The van der Waals surface area contributed by atoms with Gasteiger partial charge in [0, 0.05) is 29.6 Å². The van der Waals surface area contributed by atoms with E-state index >= 15 is 0 Å². The van der Waals surface area contributed by atoms with E-state index in [0.717, 1.165) is 28.1 Å². The summed E-state index contributed by atoms with van der Waals surface area (Å²) in [5.74, 6) is 2.91. The number of anilines is 1. The second kappa shape index (κ2) is 5.65. The zero-order chi connectivity index (χ0) is 13.4. The molecule has 0 amide bonds. The highest BCUT2D eigenvalue weighted by atomic mass is 79.9. The van der Waals surface area contributed by atoms with Crippen LogP contribution in [-0.2, 0) is 5.33 Å². The maximum atomic E-state index is 6.16. The highest BCUT2D eigenvalue weighted by molar-refractivity contribution is 9.08. The Morgan fingerprint density at radius 1 is 1.32 bits per heavy atom. The van der Waals surface area contributed by atoms with Crippen LogP contribution in [0.5, 0.6) is 0 Å². The minimum Gasteiger partial charge on any atom is -0.374 e. The van der Waals surface area contributed by atoms with Gasteiger partial charge in [0.15, 0.2) is 0 Å². The third kappa shape index (κ3) is 2.80. The van der Waals surface area contributed by atoms with Crippen molar-refractivity contribution in [3.05, 3.63) is 28.8 Å². The van der Waals surface area contributed by atoms with Crippen LogP contribution >= 0.6 is 27.5 Å². The first-order valence-corrected chi connectivity index (χ1v) is 8.73. The van der Waals surface area contributed by atoms with Gasteiger partial charge in [0.2, 0.25) is 0 Å². The summed E-state index contributed by atoms with van der Waals surface area (Å²) >= 11 is 9.73. The van der Waals surface area contributed by atoms with Crippen LogP contribution in [-0.4, -0.2) is 13.6 Å². The average molecular weight is 343 g/mol. The smallest absolute Gasteiger partial charge is 0.0426 e. The fraction of sp³-hybridized carbons (Fsp3) is 0.625. The number of fused-ring (bicyclic) bond motifs is 2. The zero-order valence-corrected chi connectivity index (χ0v) is 13.8. The lowest BCUT2D eigenvalue weighted by Crippen LogP contribution is -2.29. The molecular formula is C16H21BrClN. The molecule has 0 saturated heterocycles. The van der Waals surface area contributed by atoms with Crippen molar-refractivity contribution in [2.75, 3.05) is 18.5 Å². The third-order valence-electron chi connectivity index (χ3n) is 5.00. The molecule has 1 aromatic rings. The van der Waals surface area contributed by atoms with Crippen LogP contribution in [0.25, 0.3) is 0 Å². The summed E-state index contributed by atoms with van der Waals surface area (Å²) in [7, 11) is 2.21. The Bertz CT molecular complexity index is 462. The van der Waals surface area contributed by atoms with E-state index in [-0.39, 0.29) is 0 Å². The van der Waals surface area contributed by atoms with Gasteiger partial charge >= 0.3 is 0 Å². The second-order valence-electron chi connectivity index (χ2n) is 6.22. The molecule has 0 N–H and O–H groups in total. The van der Waals surface area contributed by atoms with Gasteiger partial charge in [-0.05, 0) is 54.7 Å². The number of nitrogens with zero attached hydrogens (tertiary/aromatic N) is 1. The van der Waals surface area contributed by atoms with E-state index in [2.05, 4.69) is 40.0 Å². The van der Waals surface area contributed by atoms with Crippen molar-refractivity contribution in [3.8, 4) is 0 Å². The Morgan fingerprint density at radius 3 is 2.79 bits per heavy atom. The molecule has 0 aliphatic heterocycles. The van der Waals surface area contributed by atoms with Gasteiger partial charge in [-0.15, -0.1) is 0 Å². The summed E-state index contributed by atoms with van der Waals surface area (Å²) in [5.41, 5.74) is 2.61. The normalized spacial score (nSPS) is 28.9. The van der Waals surface area contributed by atoms with Crippen LogP contribution < -0.4 is 4.90 Å². The van der Waals surface area contributed by atoms with Gasteiger partial charge in [-0.3, -0.25) is 0 Å². The summed E-state index contributed by atoms with van der Waals surface area (Å²) in [4.78, 5) is 2.41. The standard InChI is InChI=1S/C16H21BrClN/c1-19(10-14-7-11-2-3-12(14)6-11)16-8-15(18)5-4-13(16)9-17/h4-5,8,11-12,14H,2-3,6-7,9-10H2,1H3. The number of rotatable bonds is 4. The van der Waals surface area contributed by atoms with Crippen molar-refractivity contribution >= 4 is 33.2 Å². The van der Waals surface area contributed by atoms with Crippen LogP contribution in [0.2, 0.25) is 5.02 Å². The molecule has 3 atom stereocenters. The van der Waals surface area contributed by atoms with E-state index < -0.39 is 0 Å². The Morgan fingerprint density at radius 2 is 2.16 bits per heavy atom. The fourth-order valence-electron chi connectivity index (χ4n) is 4.06. The number of benzene rings is 1. The van der Waals surface area contributed by atoms with Crippen LogP contribution in [0.4, 0.5) is 5.69 Å². The predicted molar refractivity (Wildman–Crippen MR) is 86.3 cm³/mol. The first kappa shape index (κ1) is 13.8. The van der Waals surface area contributed by atoms with E-state index in [1.807, 2.05) is 6.07 Å². The maximum absolute atomic E-state index is 6.16. The molecule has 0 radical (unpaired) electrons. The van der Waals surface area contributed by atoms with E-state index in [1.165, 1.54) is 43.5 Å². The van der Waals surface area contributed by atoms with Gasteiger partial charge in [-0.25, -0.2) is 0 Å². The largest absolute Gasteiger partial charge is 0.374 e. The topological polar surface area (TPSA) is 3.24 Å². The molecule has 3 rings (SSSR count). The summed E-state index contributed by atoms with van der Waals surface area (Å²) in [6, 6.07) is 6.21. The quantitative estimate of drug-likeness (QED) is 0.687. The molecule has 0 spiro atoms. The molecule has 19 heavy (non-hydrogen) atoms. The lowest BCUT2D eigenvalue weighted by Gasteiger charge is -2.29. The summed E-state index contributed by atoms with van der Waals surface area (Å²) < 4.78 is 0. The van der Waals surface area contributed by atoms with Crippen LogP contribution in [0, 0.1) is 17.8 Å². The molecule has 2 bridgehead atoms. The first-order valence-electron chi connectivity index (χ1n) is 7.23. The first-order chi connectivity index (χ1) is 9.17. The highest BCUT2D eigenvalue weighted by Gasteiger charge is 2.39. The van der Waals surface area contributed by atoms with E-state index in [0.29, 0.717) is 0 Å². The number of hydrogen-bond donors (Lipinski definition) is 0. The van der Waals surface area contributed by atoms with Crippen molar-refractivity contribution in [3.63, 3.8) is 0 Å². The monoisotopic (exact) mass is 341 g/mol. The fourth-order valence-corrected chi connectivity index (χ4v) is 4.70. The van der Waals surface area contributed by atoms with Crippen molar-refractivity contribution in [2.24, 2.45) is 17.8 Å². The van der Waals surface area contributed by atoms with Crippen LogP contribution in [0.1, 0.15) is 31.2 Å². The molecule has 2 saturated carbocycles. The Balaban J connectivity index is 1.73. The van der Waals surface area contributed by atoms with Gasteiger partial charge in [-0.2, -0.15) is 0 Å². The minimum atomic E-state index is 0.833. The summed E-state index contributed by atoms with van der Waals surface area (Å²) in [6.45, 7) is 1.18. The average Bonchev–Trinajstić information content (AvgIpc) is 3.01. The molecule has 0 heterocycles. The molecule has 2 fully saturated rings. The van der Waals surface area contributed by atoms with Crippen LogP contribution in [0.3, 0.4) is 0 Å². The Labute approximate surface area is 129 Å². The Hall–Kier alpha value is -0.210. The molecule has 0 aromatic heterocycles. The lowest BCUT2D eigenvalue weighted by atomic mass is 9.88. The molecule has 3 unspecified atom stereocenters. The molecule has 3 heteroatoms.